The maximum Gasteiger partial charge on any atom is 0.323 e. The number of hydrogen-bond acceptors (Lipinski definition) is 4. The molecule has 10 heteroatoms. The summed E-state index contributed by atoms with van der Waals surface area (Å²) in [5.41, 5.74) is 6.23. The first-order chi connectivity index (χ1) is 11.5. The number of amides is 2. The van der Waals surface area contributed by atoms with Crippen molar-refractivity contribution >= 4 is 33.3 Å². The van der Waals surface area contributed by atoms with Crippen LogP contribution < -0.4 is 10.6 Å². The molecule has 24 heavy (non-hydrogen) atoms. The number of tetrazole rings is 1. The quantitative estimate of drug-likeness (QED) is 0.739. The predicted octanol–water partition coefficient (Wildman–Crippen LogP) is 2.92. The van der Waals surface area contributed by atoms with E-state index < -0.39 is 17.7 Å². The van der Waals surface area contributed by atoms with Crippen LogP contribution in [0.25, 0.3) is 5.69 Å². The van der Waals surface area contributed by atoms with Crippen LogP contribution >= 0.6 is 15.9 Å². The molecular weight excluding hydrogens is 386 g/mol. The molecule has 2 amide bonds. The SMILES string of the molecule is NC(=O)N(c1ccc(F)c(F)c1)c1ccc(Br)cc1-n1cnnn1. The first-order valence-corrected chi connectivity index (χ1v) is 7.34. The molecule has 0 bridgehead atoms. The van der Waals surface area contributed by atoms with E-state index in [1.54, 1.807) is 18.2 Å². The van der Waals surface area contributed by atoms with Crippen LogP contribution in [0.15, 0.2) is 47.2 Å². The van der Waals surface area contributed by atoms with Crippen LogP contribution in [0.4, 0.5) is 25.0 Å². The maximum absolute atomic E-state index is 13.6. The molecule has 0 saturated heterocycles. The van der Waals surface area contributed by atoms with Crippen molar-refractivity contribution in [1.82, 2.24) is 20.2 Å². The molecule has 2 N–H and O–H groups in total. The summed E-state index contributed by atoms with van der Waals surface area (Å²) < 4.78 is 28.7. The first kappa shape index (κ1) is 16.0. The predicted molar refractivity (Wildman–Crippen MR) is 84.9 cm³/mol. The van der Waals surface area contributed by atoms with E-state index in [-0.39, 0.29) is 5.69 Å². The molecule has 0 unspecified atom stereocenters. The molecule has 0 saturated carbocycles. The topological polar surface area (TPSA) is 89.9 Å². The third-order valence-corrected chi connectivity index (χ3v) is 3.65. The second-order valence-corrected chi connectivity index (χ2v) is 5.58. The minimum Gasteiger partial charge on any atom is -0.351 e. The molecule has 2 aromatic carbocycles. The Labute approximate surface area is 142 Å². The van der Waals surface area contributed by atoms with Crippen molar-refractivity contribution in [2.45, 2.75) is 0 Å². The lowest BCUT2D eigenvalue weighted by Gasteiger charge is -2.23. The Bertz CT molecular complexity index is 902. The smallest absolute Gasteiger partial charge is 0.323 e. The van der Waals surface area contributed by atoms with Gasteiger partial charge in [0.25, 0.3) is 0 Å². The standard InChI is InChI=1S/C14H9BrF2N6O/c15-8-1-4-12(13(5-8)22-7-19-20-21-22)23(14(18)24)9-2-3-10(16)11(17)6-9/h1-7H,(H2,18,24). The highest BCUT2D eigenvalue weighted by molar-refractivity contribution is 9.10. The molecule has 0 aliphatic rings. The minimum atomic E-state index is -1.10. The number of halogens is 3. The highest BCUT2D eigenvalue weighted by Gasteiger charge is 2.21. The molecule has 0 aliphatic heterocycles. The second-order valence-electron chi connectivity index (χ2n) is 4.66. The van der Waals surface area contributed by atoms with E-state index >= 15 is 0 Å². The number of nitrogens with zero attached hydrogens (tertiary/aromatic N) is 5. The molecule has 1 aromatic heterocycles. The van der Waals surface area contributed by atoms with Gasteiger partial charge in [-0.25, -0.2) is 13.6 Å². The van der Waals surface area contributed by atoms with Gasteiger partial charge in [-0.1, -0.05) is 15.9 Å². The van der Waals surface area contributed by atoms with Crippen molar-refractivity contribution < 1.29 is 13.6 Å². The Hall–Kier alpha value is -2.88. The second kappa shape index (κ2) is 6.32. The highest BCUT2D eigenvalue weighted by Crippen LogP contribution is 2.33. The van der Waals surface area contributed by atoms with Crippen LogP contribution in [0.2, 0.25) is 0 Å². The number of primary amides is 1. The molecule has 122 valence electrons. The van der Waals surface area contributed by atoms with Crippen molar-refractivity contribution in [3.05, 3.63) is 58.8 Å². The lowest BCUT2D eigenvalue weighted by molar-refractivity contribution is 0.256. The van der Waals surface area contributed by atoms with E-state index in [9.17, 15) is 13.6 Å². The van der Waals surface area contributed by atoms with Crippen LogP contribution in [0.3, 0.4) is 0 Å². The summed E-state index contributed by atoms with van der Waals surface area (Å²) in [6.45, 7) is 0. The van der Waals surface area contributed by atoms with Gasteiger partial charge in [0.1, 0.15) is 6.33 Å². The fourth-order valence-electron chi connectivity index (χ4n) is 2.15. The average Bonchev–Trinajstić information content (AvgIpc) is 3.06. The van der Waals surface area contributed by atoms with E-state index in [2.05, 4.69) is 31.5 Å². The molecule has 0 atom stereocenters. The van der Waals surface area contributed by atoms with Gasteiger partial charge < -0.3 is 5.73 Å². The van der Waals surface area contributed by atoms with Gasteiger partial charge in [0.2, 0.25) is 0 Å². The minimum absolute atomic E-state index is 0.0676. The molecule has 7 nitrogen and oxygen atoms in total. The van der Waals surface area contributed by atoms with Gasteiger partial charge in [-0.2, -0.15) is 4.68 Å². The number of carbonyl (C=O) groups is 1. The lowest BCUT2D eigenvalue weighted by Crippen LogP contribution is -2.32. The van der Waals surface area contributed by atoms with Gasteiger partial charge in [0.05, 0.1) is 17.1 Å². The molecule has 1 heterocycles. The largest absolute Gasteiger partial charge is 0.351 e. The molecular formula is C14H9BrF2N6O. The third kappa shape index (κ3) is 2.95. The zero-order valence-corrected chi connectivity index (χ0v) is 13.5. The Morgan fingerprint density at radius 1 is 1.17 bits per heavy atom. The van der Waals surface area contributed by atoms with Crippen LogP contribution in [0.5, 0.6) is 0 Å². The Morgan fingerprint density at radius 2 is 1.96 bits per heavy atom. The Kier molecular flexibility index (Phi) is 4.21. The number of carbonyl (C=O) groups excluding carboxylic acids is 1. The molecule has 0 aliphatic carbocycles. The van der Waals surface area contributed by atoms with Gasteiger partial charge in [0, 0.05) is 10.5 Å². The van der Waals surface area contributed by atoms with Gasteiger partial charge in [0.15, 0.2) is 11.6 Å². The average molecular weight is 395 g/mol. The first-order valence-electron chi connectivity index (χ1n) is 6.55. The van der Waals surface area contributed by atoms with Crippen LogP contribution in [0, 0.1) is 11.6 Å². The number of aromatic nitrogens is 4. The third-order valence-electron chi connectivity index (χ3n) is 3.16. The van der Waals surface area contributed by atoms with Crippen molar-refractivity contribution in [1.29, 1.82) is 0 Å². The summed E-state index contributed by atoms with van der Waals surface area (Å²) in [6, 6.07) is 7.06. The molecule has 0 radical (unpaired) electrons. The number of rotatable bonds is 3. The van der Waals surface area contributed by atoms with Crippen molar-refractivity contribution in [2.24, 2.45) is 5.73 Å². The van der Waals surface area contributed by atoms with Crippen molar-refractivity contribution in [3.63, 3.8) is 0 Å². The van der Waals surface area contributed by atoms with E-state index in [1.807, 2.05) is 0 Å². The fourth-order valence-corrected chi connectivity index (χ4v) is 2.50. The molecule has 0 fully saturated rings. The number of nitrogens with two attached hydrogens (primary N) is 1. The summed E-state index contributed by atoms with van der Waals surface area (Å²) in [7, 11) is 0. The lowest BCUT2D eigenvalue weighted by atomic mass is 10.2. The van der Waals surface area contributed by atoms with Gasteiger partial charge in [-0.05, 0) is 40.8 Å². The Morgan fingerprint density at radius 3 is 2.58 bits per heavy atom. The zero-order valence-electron chi connectivity index (χ0n) is 11.9. The maximum atomic E-state index is 13.6. The van der Waals surface area contributed by atoms with Crippen molar-refractivity contribution in [2.75, 3.05) is 4.90 Å². The van der Waals surface area contributed by atoms with Gasteiger partial charge in [-0.3, -0.25) is 4.90 Å². The number of anilines is 2. The summed E-state index contributed by atoms with van der Waals surface area (Å²) in [6.07, 6.45) is 1.33. The van der Waals surface area contributed by atoms with Crippen LogP contribution in [-0.4, -0.2) is 26.2 Å². The van der Waals surface area contributed by atoms with E-state index in [1.165, 1.54) is 17.1 Å². The van der Waals surface area contributed by atoms with Crippen LogP contribution in [0.1, 0.15) is 0 Å². The zero-order chi connectivity index (χ0) is 17.3. The monoisotopic (exact) mass is 394 g/mol. The molecule has 3 aromatic rings. The van der Waals surface area contributed by atoms with Crippen molar-refractivity contribution in [3.8, 4) is 5.69 Å². The highest BCUT2D eigenvalue weighted by atomic mass is 79.9. The van der Waals surface area contributed by atoms with E-state index in [4.69, 9.17) is 5.73 Å². The normalized spacial score (nSPS) is 10.6. The summed E-state index contributed by atoms with van der Waals surface area (Å²) >= 11 is 3.32. The van der Waals surface area contributed by atoms with E-state index in [0.29, 0.717) is 15.8 Å². The summed E-state index contributed by atoms with van der Waals surface area (Å²) in [5, 5.41) is 10.9. The molecule has 3 rings (SSSR count). The van der Waals surface area contributed by atoms with Gasteiger partial charge >= 0.3 is 6.03 Å². The summed E-state index contributed by atoms with van der Waals surface area (Å²) in [5.74, 6) is -2.13. The fraction of sp³-hybridized carbons (Fsp3) is 0. The van der Waals surface area contributed by atoms with E-state index in [0.717, 1.165) is 17.0 Å². The Balaban J connectivity index is 2.20. The summed E-state index contributed by atoms with van der Waals surface area (Å²) in [4.78, 5) is 13.0. The number of hydrogen-bond donors (Lipinski definition) is 1. The number of benzene rings is 2. The number of urea groups is 1. The molecule has 0 spiro atoms. The van der Waals surface area contributed by atoms with Crippen LogP contribution in [-0.2, 0) is 0 Å². The van der Waals surface area contributed by atoms with Gasteiger partial charge in [-0.15, -0.1) is 5.10 Å².